The standard InChI is InChI=1S/C15H11FN2O6S/c16-12-4-3-10(25(17,20)21)7-11(12)15(19)23-8-9-6-14(24-18-9)13-2-1-5-22-13/h1-7H,8H2,(H2,17,20,21). The molecule has 0 saturated heterocycles. The number of esters is 1. The molecule has 10 heteroatoms. The lowest BCUT2D eigenvalue weighted by Crippen LogP contribution is -2.14. The number of nitrogens with two attached hydrogens (primary N) is 1. The molecule has 130 valence electrons. The van der Waals surface area contributed by atoms with Crippen LogP contribution in [-0.2, 0) is 21.4 Å². The van der Waals surface area contributed by atoms with Crippen molar-refractivity contribution in [2.75, 3.05) is 0 Å². The maximum absolute atomic E-state index is 13.7. The van der Waals surface area contributed by atoms with E-state index in [2.05, 4.69) is 5.16 Å². The monoisotopic (exact) mass is 366 g/mol. The average molecular weight is 366 g/mol. The Morgan fingerprint density at radius 2 is 2.04 bits per heavy atom. The molecule has 0 unspecified atom stereocenters. The molecule has 2 N–H and O–H groups in total. The summed E-state index contributed by atoms with van der Waals surface area (Å²) in [5.74, 6) is -1.23. The van der Waals surface area contributed by atoms with Crippen LogP contribution in [0.1, 0.15) is 16.1 Å². The molecule has 0 saturated carbocycles. The topological polar surface area (TPSA) is 126 Å². The van der Waals surface area contributed by atoms with Crippen LogP contribution in [0.5, 0.6) is 0 Å². The molecule has 3 aromatic rings. The molecular weight excluding hydrogens is 355 g/mol. The van der Waals surface area contributed by atoms with E-state index in [0.717, 1.165) is 18.2 Å². The predicted molar refractivity (Wildman–Crippen MR) is 81.1 cm³/mol. The van der Waals surface area contributed by atoms with Crippen LogP contribution < -0.4 is 5.14 Å². The van der Waals surface area contributed by atoms with Gasteiger partial charge in [0.2, 0.25) is 15.8 Å². The highest BCUT2D eigenvalue weighted by molar-refractivity contribution is 7.89. The van der Waals surface area contributed by atoms with Crippen molar-refractivity contribution >= 4 is 16.0 Å². The van der Waals surface area contributed by atoms with Crippen molar-refractivity contribution in [3.63, 3.8) is 0 Å². The first-order valence-corrected chi connectivity index (χ1v) is 8.38. The fourth-order valence-electron chi connectivity index (χ4n) is 1.97. The summed E-state index contributed by atoms with van der Waals surface area (Å²) < 4.78 is 51.4. The summed E-state index contributed by atoms with van der Waals surface area (Å²) in [6, 6.07) is 7.40. The fraction of sp³-hybridized carbons (Fsp3) is 0.0667. The van der Waals surface area contributed by atoms with E-state index >= 15 is 0 Å². The van der Waals surface area contributed by atoms with Crippen LogP contribution in [0.25, 0.3) is 11.5 Å². The van der Waals surface area contributed by atoms with Gasteiger partial charge in [-0.25, -0.2) is 22.7 Å². The Hall–Kier alpha value is -2.98. The number of nitrogens with zero attached hydrogens (tertiary/aromatic N) is 1. The number of furan rings is 1. The van der Waals surface area contributed by atoms with E-state index in [4.69, 9.17) is 18.8 Å². The summed E-state index contributed by atoms with van der Waals surface area (Å²) >= 11 is 0. The van der Waals surface area contributed by atoms with Gasteiger partial charge in [0.1, 0.15) is 18.1 Å². The van der Waals surface area contributed by atoms with E-state index in [0.29, 0.717) is 11.5 Å². The molecule has 0 spiro atoms. The molecule has 0 aliphatic rings. The van der Waals surface area contributed by atoms with Gasteiger partial charge in [0.15, 0.2) is 5.76 Å². The number of carbonyl (C=O) groups excluding carboxylic acids is 1. The Balaban J connectivity index is 1.73. The minimum absolute atomic E-state index is 0.266. The van der Waals surface area contributed by atoms with Crippen LogP contribution in [-0.4, -0.2) is 19.5 Å². The van der Waals surface area contributed by atoms with Crippen molar-refractivity contribution in [1.29, 1.82) is 0 Å². The lowest BCUT2D eigenvalue weighted by Gasteiger charge is -2.05. The van der Waals surface area contributed by atoms with Crippen molar-refractivity contribution in [3.05, 3.63) is 59.7 Å². The largest absolute Gasteiger partial charge is 0.461 e. The van der Waals surface area contributed by atoms with E-state index in [1.807, 2.05) is 0 Å². The minimum Gasteiger partial charge on any atom is -0.461 e. The Bertz CT molecular complexity index is 1010. The summed E-state index contributed by atoms with van der Waals surface area (Å²) in [5.41, 5.74) is -0.288. The van der Waals surface area contributed by atoms with Gasteiger partial charge in [-0.1, -0.05) is 5.16 Å². The lowest BCUT2D eigenvalue weighted by molar-refractivity contribution is 0.0458. The van der Waals surface area contributed by atoms with E-state index < -0.39 is 32.3 Å². The van der Waals surface area contributed by atoms with Crippen molar-refractivity contribution in [1.82, 2.24) is 5.16 Å². The molecular formula is C15H11FN2O6S. The van der Waals surface area contributed by atoms with Crippen LogP contribution in [0.2, 0.25) is 0 Å². The van der Waals surface area contributed by atoms with Crippen LogP contribution in [0.15, 0.2) is 56.5 Å². The molecule has 0 aliphatic heterocycles. The van der Waals surface area contributed by atoms with Gasteiger partial charge in [0.25, 0.3) is 0 Å². The van der Waals surface area contributed by atoms with Crippen molar-refractivity contribution < 1.29 is 31.3 Å². The Labute approximate surface area is 141 Å². The van der Waals surface area contributed by atoms with Crippen LogP contribution >= 0.6 is 0 Å². The second-order valence-electron chi connectivity index (χ2n) is 4.92. The summed E-state index contributed by atoms with van der Waals surface area (Å²) in [4.78, 5) is 11.6. The summed E-state index contributed by atoms with van der Waals surface area (Å²) in [6.45, 7) is -0.303. The van der Waals surface area contributed by atoms with Crippen molar-refractivity contribution in [3.8, 4) is 11.5 Å². The summed E-state index contributed by atoms with van der Waals surface area (Å²) in [5, 5.41) is 8.65. The van der Waals surface area contributed by atoms with Crippen LogP contribution in [0.4, 0.5) is 4.39 Å². The van der Waals surface area contributed by atoms with Crippen LogP contribution in [0.3, 0.4) is 0 Å². The van der Waals surface area contributed by atoms with Gasteiger partial charge < -0.3 is 13.7 Å². The minimum atomic E-state index is -4.08. The number of aromatic nitrogens is 1. The van der Waals surface area contributed by atoms with Gasteiger partial charge in [0.05, 0.1) is 16.7 Å². The number of halogens is 1. The first-order valence-electron chi connectivity index (χ1n) is 6.83. The third-order valence-electron chi connectivity index (χ3n) is 3.16. The first-order chi connectivity index (χ1) is 11.8. The molecule has 0 bridgehead atoms. The smallest absolute Gasteiger partial charge is 0.341 e. The molecule has 0 aliphatic carbocycles. The number of sulfonamides is 1. The van der Waals surface area contributed by atoms with Gasteiger partial charge in [-0.3, -0.25) is 0 Å². The normalized spacial score (nSPS) is 11.4. The maximum Gasteiger partial charge on any atom is 0.341 e. The molecule has 2 aromatic heterocycles. The Morgan fingerprint density at radius 1 is 1.24 bits per heavy atom. The molecule has 0 atom stereocenters. The highest BCUT2D eigenvalue weighted by Crippen LogP contribution is 2.21. The molecule has 3 rings (SSSR count). The SMILES string of the molecule is NS(=O)(=O)c1ccc(F)c(C(=O)OCc2cc(-c3ccco3)on2)c1. The highest BCUT2D eigenvalue weighted by Gasteiger charge is 2.19. The van der Waals surface area contributed by atoms with Crippen molar-refractivity contribution in [2.45, 2.75) is 11.5 Å². The molecule has 2 heterocycles. The third-order valence-corrected chi connectivity index (χ3v) is 4.07. The number of hydrogen-bond acceptors (Lipinski definition) is 7. The van der Waals surface area contributed by atoms with Gasteiger partial charge >= 0.3 is 5.97 Å². The number of ether oxygens (including phenoxy) is 1. The zero-order valence-corrected chi connectivity index (χ0v) is 13.3. The third kappa shape index (κ3) is 3.75. The van der Waals surface area contributed by atoms with E-state index in [1.54, 1.807) is 12.1 Å². The number of carbonyl (C=O) groups is 1. The molecule has 25 heavy (non-hydrogen) atoms. The number of benzene rings is 1. The van der Waals surface area contributed by atoms with Gasteiger partial charge in [-0.15, -0.1) is 0 Å². The summed E-state index contributed by atoms with van der Waals surface area (Å²) in [7, 11) is -4.08. The highest BCUT2D eigenvalue weighted by atomic mass is 32.2. The van der Waals surface area contributed by atoms with Gasteiger partial charge in [0, 0.05) is 6.07 Å². The second-order valence-corrected chi connectivity index (χ2v) is 6.48. The molecule has 1 aromatic carbocycles. The van der Waals surface area contributed by atoms with Crippen molar-refractivity contribution in [2.24, 2.45) is 5.14 Å². The second kappa shape index (κ2) is 6.49. The van der Waals surface area contributed by atoms with Gasteiger partial charge in [-0.2, -0.15) is 0 Å². The number of hydrogen-bond donors (Lipinski definition) is 1. The Morgan fingerprint density at radius 3 is 2.72 bits per heavy atom. The quantitative estimate of drug-likeness (QED) is 0.685. The Kier molecular flexibility index (Phi) is 4.38. The maximum atomic E-state index is 13.7. The zero-order chi connectivity index (χ0) is 18.0. The van der Waals surface area contributed by atoms with Gasteiger partial charge in [-0.05, 0) is 30.3 Å². The fourth-order valence-corrected chi connectivity index (χ4v) is 2.51. The number of primary sulfonamides is 1. The summed E-state index contributed by atoms with van der Waals surface area (Å²) in [6.07, 6.45) is 1.46. The van der Waals surface area contributed by atoms with Crippen LogP contribution in [0, 0.1) is 5.82 Å². The zero-order valence-electron chi connectivity index (χ0n) is 12.5. The predicted octanol–water partition coefficient (Wildman–Crippen LogP) is 2.08. The van der Waals surface area contributed by atoms with E-state index in [9.17, 15) is 17.6 Å². The van der Waals surface area contributed by atoms with E-state index in [1.165, 1.54) is 12.3 Å². The average Bonchev–Trinajstić information content (AvgIpc) is 3.23. The molecule has 0 fully saturated rings. The lowest BCUT2D eigenvalue weighted by atomic mass is 10.2. The molecule has 8 nitrogen and oxygen atoms in total. The van der Waals surface area contributed by atoms with E-state index in [-0.39, 0.29) is 12.3 Å². The first kappa shape index (κ1) is 16.9. The molecule has 0 amide bonds. The molecule has 0 radical (unpaired) electrons. The number of rotatable bonds is 5.